The molecule has 4 heteroatoms. The van der Waals surface area contributed by atoms with Crippen molar-refractivity contribution in [1.29, 1.82) is 0 Å². The van der Waals surface area contributed by atoms with Crippen LogP contribution in [0.5, 0.6) is 5.75 Å². The van der Waals surface area contributed by atoms with E-state index in [2.05, 4.69) is 10.6 Å². The summed E-state index contributed by atoms with van der Waals surface area (Å²) in [7, 11) is 0. The number of para-hydroxylation sites is 1. The molecule has 1 aromatic rings. The van der Waals surface area contributed by atoms with Crippen molar-refractivity contribution < 1.29 is 9.53 Å². The molecule has 1 heterocycles. The lowest BCUT2D eigenvalue weighted by Crippen LogP contribution is -2.34. The van der Waals surface area contributed by atoms with E-state index in [4.69, 9.17) is 4.74 Å². The molecular formula is C14H20N2O2. The van der Waals surface area contributed by atoms with Crippen LogP contribution < -0.4 is 15.4 Å². The third kappa shape index (κ3) is 4.37. The van der Waals surface area contributed by atoms with Gasteiger partial charge in [-0.05, 0) is 50.4 Å². The van der Waals surface area contributed by atoms with Crippen molar-refractivity contribution in [2.75, 3.05) is 19.6 Å². The summed E-state index contributed by atoms with van der Waals surface area (Å²) in [5, 5.41) is 6.16. The van der Waals surface area contributed by atoms with E-state index < -0.39 is 0 Å². The Kier molecular flexibility index (Phi) is 5.02. The zero-order valence-corrected chi connectivity index (χ0v) is 10.5. The van der Waals surface area contributed by atoms with Crippen LogP contribution in [0.15, 0.2) is 30.3 Å². The second kappa shape index (κ2) is 7.01. The molecule has 18 heavy (non-hydrogen) atoms. The Labute approximate surface area is 108 Å². The number of benzene rings is 1. The quantitative estimate of drug-likeness (QED) is 0.858. The molecule has 0 bridgehead atoms. The summed E-state index contributed by atoms with van der Waals surface area (Å²) in [6.07, 6.45) is 3.13. The van der Waals surface area contributed by atoms with Gasteiger partial charge in [-0.15, -0.1) is 0 Å². The van der Waals surface area contributed by atoms with E-state index in [1.54, 1.807) is 12.1 Å². The number of carbonyl (C=O) groups excluding carboxylic acids is 1. The molecule has 0 saturated carbocycles. The number of carbonyl (C=O) groups is 1. The molecule has 1 amide bonds. The Morgan fingerprint density at radius 3 is 2.94 bits per heavy atom. The Morgan fingerprint density at radius 1 is 1.39 bits per heavy atom. The summed E-state index contributed by atoms with van der Waals surface area (Å²) in [6.45, 7) is 2.87. The largest absolute Gasteiger partial charge is 0.412 e. The van der Waals surface area contributed by atoms with Crippen LogP contribution in [0.4, 0.5) is 4.79 Å². The molecule has 1 unspecified atom stereocenters. The Balaban J connectivity index is 1.62. The molecule has 1 atom stereocenters. The van der Waals surface area contributed by atoms with Gasteiger partial charge in [0.15, 0.2) is 0 Å². The van der Waals surface area contributed by atoms with Crippen molar-refractivity contribution in [2.24, 2.45) is 5.92 Å². The number of ether oxygens (including phenoxy) is 1. The Bertz CT molecular complexity index is 361. The number of hydrogen-bond acceptors (Lipinski definition) is 3. The van der Waals surface area contributed by atoms with Crippen LogP contribution in [0.25, 0.3) is 0 Å². The van der Waals surface area contributed by atoms with Crippen LogP contribution in [0.2, 0.25) is 0 Å². The van der Waals surface area contributed by atoms with Crippen molar-refractivity contribution in [1.82, 2.24) is 10.6 Å². The molecule has 4 nitrogen and oxygen atoms in total. The second-order valence-corrected chi connectivity index (χ2v) is 4.63. The summed E-state index contributed by atoms with van der Waals surface area (Å²) >= 11 is 0. The second-order valence-electron chi connectivity index (χ2n) is 4.63. The van der Waals surface area contributed by atoms with Gasteiger partial charge < -0.3 is 15.4 Å². The van der Waals surface area contributed by atoms with Crippen LogP contribution in [-0.2, 0) is 0 Å². The van der Waals surface area contributed by atoms with Crippen molar-refractivity contribution in [3.05, 3.63) is 30.3 Å². The first-order valence-corrected chi connectivity index (χ1v) is 6.56. The molecule has 0 radical (unpaired) electrons. The predicted molar refractivity (Wildman–Crippen MR) is 70.7 cm³/mol. The highest BCUT2D eigenvalue weighted by atomic mass is 16.5. The molecule has 2 rings (SSSR count). The van der Waals surface area contributed by atoms with E-state index in [-0.39, 0.29) is 6.09 Å². The lowest BCUT2D eigenvalue weighted by atomic mass is 9.96. The molecule has 1 aromatic carbocycles. The van der Waals surface area contributed by atoms with Crippen molar-refractivity contribution in [3.8, 4) is 5.75 Å². The summed E-state index contributed by atoms with van der Waals surface area (Å²) in [6, 6.07) is 9.11. The average Bonchev–Trinajstić information content (AvgIpc) is 2.41. The normalized spacial score (nSPS) is 19.2. The highest BCUT2D eigenvalue weighted by Gasteiger charge is 2.13. The van der Waals surface area contributed by atoms with E-state index in [0.717, 1.165) is 19.5 Å². The number of rotatable bonds is 4. The standard InChI is InChI=1S/C14H20N2O2/c17-14(18-13-6-2-1-3-7-13)16-10-8-12-5-4-9-15-11-12/h1-3,6-7,12,15H,4-5,8-11H2,(H,16,17). The van der Waals surface area contributed by atoms with Gasteiger partial charge in [-0.1, -0.05) is 18.2 Å². The average molecular weight is 248 g/mol. The molecule has 1 aliphatic heterocycles. The first-order valence-electron chi connectivity index (χ1n) is 6.56. The zero-order valence-electron chi connectivity index (χ0n) is 10.5. The van der Waals surface area contributed by atoms with E-state index in [1.165, 1.54) is 12.8 Å². The van der Waals surface area contributed by atoms with Crippen LogP contribution in [0.1, 0.15) is 19.3 Å². The first kappa shape index (κ1) is 12.9. The fraction of sp³-hybridized carbons (Fsp3) is 0.500. The highest BCUT2D eigenvalue weighted by Crippen LogP contribution is 2.13. The molecule has 0 aromatic heterocycles. The SMILES string of the molecule is O=C(NCCC1CCCNC1)Oc1ccccc1. The molecule has 0 aliphatic carbocycles. The fourth-order valence-electron chi connectivity index (χ4n) is 2.18. The zero-order chi connectivity index (χ0) is 12.6. The van der Waals surface area contributed by atoms with Gasteiger partial charge in [0.05, 0.1) is 0 Å². The van der Waals surface area contributed by atoms with Gasteiger partial charge in [0.25, 0.3) is 0 Å². The monoisotopic (exact) mass is 248 g/mol. The van der Waals surface area contributed by atoms with Crippen molar-refractivity contribution >= 4 is 6.09 Å². The fourth-order valence-corrected chi connectivity index (χ4v) is 2.18. The third-order valence-corrected chi connectivity index (χ3v) is 3.17. The molecule has 0 spiro atoms. The van der Waals surface area contributed by atoms with Gasteiger partial charge in [0, 0.05) is 6.54 Å². The molecule has 1 saturated heterocycles. The smallest absolute Gasteiger partial charge is 0.410 e. The number of piperidine rings is 1. The van der Waals surface area contributed by atoms with Gasteiger partial charge in [-0.2, -0.15) is 0 Å². The van der Waals surface area contributed by atoms with Gasteiger partial charge in [0.2, 0.25) is 0 Å². The number of amides is 1. The van der Waals surface area contributed by atoms with E-state index in [0.29, 0.717) is 18.2 Å². The molecule has 1 aliphatic rings. The maximum Gasteiger partial charge on any atom is 0.412 e. The topological polar surface area (TPSA) is 50.4 Å². The highest BCUT2D eigenvalue weighted by molar-refractivity contribution is 5.70. The lowest BCUT2D eigenvalue weighted by molar-refractivity contribution is 0.199. The van der Waals surface area contributed by atoms with Crippen LogP contribution in [-0.4, -0.2) is 25.7 Å². The van der Waals surface area contributed by atoms with Gasteiger partial charge in [-0.3, -0.25) is 0 Å². The number of nitrogens with one attached hydrogen (secondary N) is 2. The van der Waals surface area contributed by atoms with Crippen molar-refractivity contribution in [2.45, 2.75) is 19.3 Å². The minimum atomic E-state index is -0.370. The molecule has 1 fully saturated rings. The van der Waals surface area contributed by atoms with E-state index in [9.17, 15) is 4.79 Å². The molecule has 98 valence electrons. The van der Waals surface area contributed by atoms with Crippen molar-refractivity contribution in [3.63, 3.8) is 0 Å². The minimum Gasteiger partial charge on any atom is -0.410 e. The molecule has 2 N–H and O–H groups in total. The van der Waals surface area contributed by atoms with Gasteiger partial charge >= 0.3 is 6.09 Å². The van der Waals surface area contributed by atoms with Crippen LogP contribution >= 0.6 is 0 Å². The van der Waals surface area contributed by atoms with E-state index in [1.807, 2.05) is 18.2 Å². The van der Waals surface area contributed by atoms with Gasteiger partial charge in [0.1, 0.15) is 5.75 Å². The van der Waals surface area contributed by atoms with Crippen LogP contribution in [0, 0.1) is 5.92 Å². The Morgan fingerprint density at radius 2 is 2.22 bits per heavy atom. The summed E-state index contributed by atoms with van der Waals surface area (Å²) in [5.74, 6) is 1.25. The lowest BCUT2D eigenvalue weighted by Gasteiger charge is -2.22. The van der Waals surface area contributed by atoms with E-state index >= 15 is 0 Å². The predicted octanol–water partition coefficient (Wildman–Crippen LogP) is 2.16. The van der Waals surface area contributed by atoms with Crippen LogP contribution in [0.3, 0.4) is 0 Å². The summed E-state index contributed by atoms with van der Waals surface area (Å²) < 4.78 is 5.14. The summed E-state index contributed by atoms with van der Waals surface area (Å²) in [4.78, 5) is 11.5. The number of hydrogen-bond donors (Lipinski definition) is 2. The maximum atomic E-state index is 11.5. The van der Waals surface area contributed by atoms with Gasteiger partial charge in [-0.25, -0.2) is 4.79 Å². The Hall–Kier alpha value is -1.55. The minimum absolute atomic E-state index is 0.370. The maximum absolute atomic E-state index is 11.5. The first-order chi connectivity index (χ1) is 8.84. The summed E-state index contributed by atoms with van der Waals surface area (Å²) in [5.41, 5.74) is 0. The molecular weight excluding hydrogens is 228 g/mol. The third-order valence-electron chi connectivity index (χ3n) is 3.17.